The van der Waals surface area contributed by atoms with Crippen LogP contribution in [0.1, 0.15) is 40.4 Å². The summed E-state index contributed by atoms with van der Waals surface area (Å²) in [5.74, 6) is -2.75. The van der Waals surface area contributed by atoms with Crippen molar-refractivity contribution in [3.05, 3.63) is 50.4 Å². The van der Waals surface area contributed by atoms with E-state index in [2.05, 4.69) is 10.3 Å². The fourth-order valence-corrected chi connectivity index (χ4v) is 2.97. The molecule has 0 aliphatic heterocycles. The zero-order chi connectivity index (χ0) is 15.6. The van der Waals surface area contributed by atoms with Crippen molar-refractivity contribution < 1.29 is 13.6 Å². The molecule has 2 aromatic rings. The van der Waals surface area contributed by atoms with Crippen molar-refractivity contribution in [2.24, 2.45) is 0 Å². The summed E-state index contributed by atoms with van der Waals surface area (Å²) in [6.07, 6.45) is 0.625. The molecule has 0 saturated heterocycles. The number of hydrogen-bond donors (Lipinski definition) is 1. The predicted octanol–water partition coefficient (Wildman–Crippen LogP) is 4.26. The summed E-state index contributed by atoms with van der Waals surface area (Å²) in [6.45, 7) is 3.76. The highest BCUT2D eigenvalue weighted by Crippen LogP contribution is 2.24. The summed E-state index contributed by atoms with van der Waals surface area (Å²) in [5.41, 5.74) is 0.774. The average molecular weight is 331 g/mol. The molecule has 0 saturated carbocycles. The fraction of sp³-hybridized carbons (Fsp3) is 0.286. The smallest absolute Gasteiger partial charge is 0.253 e. The van der Waals surface area contributed by atoms with Crippen molar-refractivity contribution in [2.45, 2.75) is 26.3 Å². The third kappa shape index (κ3) is 3.57. The van der Waals surface area contributed by atoms with Crippen LogP contribution in [0.4, 0.5) is 8.78 Å². The van der Waals surface area contributed by atoms with Crippen LogP contribution in [-0.2, 0) is 0 Å². The highest BCUT2D eigenvalue weighted by Gasteiger charge is 2.20. The summed E-state index contributed by atoms with van der Waals surface area (Å²) in [5, 5.41) is 5.26. The number of thiazole rings is 1. The molecule has 0 spiro atoms. The van der Waals surface area contributed by atoms with Gasteiger partial charge in [0.2, 0.25) is 0 Å². The van der Waals surface area contributed by atoms with Crippen LogP contribution in [0.25, 0.3) is 0 Å². The van der Waals surface area contributed by atoms with Gasteiger partial charge in [-0.1, -0.05) is 18.5 Å². The van der Waals surface area contributed by atoms with Gasteiger partial charge in [0.15, 0.2) is 11.6 Å². The van der Waals surface area contributed by atoms with Crippen LogP contribution in [0.2, 0.25) is 5.02 Å². The second-order valence-corrected chi connectivity index (χ2v) is 5.80. The van der Waals surface area contributed by atoms with E-state index in [1.807, 2.05) is 19.2 Å². The van der Waals surface area contributed by atoms with Crippen molar-refractivity contribution >= 4 is 28.8 Å². The molecule has 112 valence electrons. The zero-order valence-electron chi connectivity index (χ0n) is 11.4. The van der Waals surface area contributed by atoms with Gasteiger partial charge in [0.05, 0.1) is 16.6 Å². The maximum atomic E-state index is 13.2. The molecular formula is C14H13ClF2N2OS. The normalized spacial score (nSPS) is 12.2. The standard InChI is InChI=1S/C14H13ClF2N2OS/c1-3-12(14-18-7(2)6-21-14)19-13(20)8-4-10(16)11(17)5-9(8)15/h4-6,12H,3H2,1-2H3,(H,19,20). The molecule has 1 heterocycles. The molecule has 0 radical (unpaired) electrons. The summed E-state index contributed by atoms with van der Waals surface area (Å²) in [4.78, 5) is 16.5. The van der Waals surface area contributed by atoms with E-state index in [1.165, 1.54) is 11.3 Å². The van der Waals surface area contributed by atoms with Gasteiger partial charge in [-0.05, 0) is 25.5 Å². The Morgan fingerprint density at radius 3 is 2.67 bits per heavy atom. The number of aromatic nitrogens is 1. The quantitative estimate of drug-likeness (QED) is 0.851. The second-order valence-electron chi connectivity index (χ2n) is 4.51. The molecule has 0 aliphatic carbocycles. The van der Waals surface area contributed by atoms with Crippen molar-refractivity contribution in [1.82, 2.24) is 10.3 Å². The van der Waals surface area contributed by atoms with Crippen molar-refractivity contribution in [3.63, 3.8) is 0 Å². The molecule has 1 aromatic heterocycles. The first kappa shape index (κ1) is 15.9. The number of nitrogens with one attached hydrogen (secondary N) is 1. The molecule has 1 unspecified atom stereocenters. The lowest BCUT2D eigenvalue weighted by Gasteiger charge is -2.15. The number of halogens is 3. The Balaban J connectivity index is 2.22. The monoisotopic (exact) mass is 330 g/mol. The Bertz CT molecular complexity index is 675. The third-order valence-electron chi connectivity index (χ3n) is 2.90. The van der Waals surface area contributed by atoms with Crippen LogP contribution >= 0.6 is 22.9 Å². The first-order valence-electron chi connectivity index (χ1n) is 6.29. The van der Waals surface area contributed by atoms with Gasteiger partial charge >= 0.3 is 0 Å². The van der Waals surface area contributed by atoms with E-state index in [1.54, 1.807) is 0 Å². The molecule has 0 fully saturated rings. The maximum Gasteiger partial charge on any atom is 0.253 e. The van der Waals surface area contributed by atoms with Gasteiger partial charge in [-0.15, -0.1) is 11.3 Å². The lowest BCUT2D eigenvalue weighted by atomic mass is 10.1. The molecule has 3 nitrogen and oxygen atoms in total. The van der Waals surface area contributed by atoms with E-state index in [9.17, 15) is 13.6 Å². The first-order valence-corrected chi connectivity index (χ1v) is 7.55. The Morgan fingerprint density at radius 2 is 2.10 bits per heavy atom. The molecule has 1 N–H and O–H groups in total. The highest BCUT2D eigenvalue weighted by molar-refractivity contribution is 7.09. The number of hydrogen-bond acceptors (Lipinski definition) is 3. The maximum absolute atomic E-state index is 13.2. The van der Waals surface area contributed by atoms with Gasteiger partial charge < -0.3 is 5.32 Å². The Morgan fingerprint density at radius 1 is 1.43 bits per heavy atom. The molecule has 7 heteroatoms. The van der Waals surface area contributed by atoms with Gasteiger partial charge in [-0.2, -0.15) is 0 Å². The number of carbonyl (C=O) groups is 1. The Kier molecular flexibility index (Phi) is 4.90. The van der Waals surface area contributed by atoms with Gasteiger partial charge in [0.1, 0.15) is 5.01 Å². The topological polar surface area (TPSA) is 42.0 Å². The summed E-state index contributed by atoms with van der Waals surface area (Å²) < 4.78 is 26.3. The minimum absolute atomic E-state index is 0.0951. The number of amides is 1. The van der Waals surface area contributed by atoms with Gasteiger partial charge in [0.25, 0.3) is 5.91 Å². The molecule has 1 atom stereocenters. The summed E-state index contributed by atoms with van der Waals surface area (Å²) in [6, 6.07) is 1.30. The number of carbonyl (C=O) groups excluding carboxylic acids is 1. The minimum Gasteiger partial charge on any atom is -0.343 e. The number of nitrogens with zero attached hydrogens (tertiary/aromatic N) is 1. The predicted molar refractivity (Wildman–Crippen MR) is 78.7 cm³/mol. The number of benzene rings is 1. The molecule has 0 aliphatic rings. The lowest BCUT2D eigenvalue weighted by molar-refractivity contribution is 0.0935. The average Bonchev–Trinajstić information content (AvgIpc) is 2.86. The number of rotatable bonds is 4. The van der Waals surface area contributed by atoms with Gasteiger partial charge in [-0.25, -0.2) is 13.8 Å². The van der Waals surface area contributed by atoms with Crippen molar-refractivity contribution in [2.75, 3.05) is 0 Å². The minimum atomic E-state index is -1.11. The highest BCUT2D eigenvalue weighted by atomic mass is 35.5. The zero-order valence-corrected chi connectivity index (χ0v) is 13.0. The molecule has 1 amide bonds. The fourth-order valence-electron chi connectivity index (χ4n) is 1.80. The van der Waals surface area contributed by atoms with E-state index in [0.29, 0.717) is 6.42 Å². The van der Waals surface area contributed by atoms with Crippen LogP contribution in [0.15, 0.2) is 17.5 Å². The van der Waals surface area contributed by atoms with E-state index in [4.69, 9.17) is 11.6 Å². The van der Waals surface area contributed by atoms with E-state index in [0.717, 1.165) is 22.8 Å². The van der Waals surface area contributed by atoms with E-state index in [-0.39, 0.29) is 16.6 Å². The van der Waals surface area contributed by atoms with E-state index < -0.39 is 17.5 Å². The Labute approximate surface area is 130 Å². The molecular weight excluding hydrogens is 318 g/mol. The van der Waals surface area contributed by atoms with Crippen molar-refractivity contribution in [1.29, 1.82) is 0 Å². The third-order valence-corrected chi connectivity index (χ3v) is 4.29. The largest absolute Gasteiger partial charge is 0.343 e. The molecule has 21 heavy (non-hydrogen) atoms. The summed E-state index contributed by atoms with van der Waals surface area (Å²) in [7, 11) is 0. The summed E-state index contributed by atoms with van der Waals surface area (Å²) >= 11 is 7.23. The van der Waals surface area contributed by atoms with Crippen LogP contribution in [-0.4, -0.2) is 10.9 Å². The number of aryl methyl sites for hydroxylation is 1. The van der Waals surface area contributed by atoms with Gasteiger partial charge in [-0.3, -0.25) is 4.79 Å². The van der Waals surface area contributed by atoms with Crippen LogP contribution in [0.5, 0.6) is 0 Å². The van der Waals surface area contributed by atoms with E-state index >= 15 is 0 Å². The van der Waals surface area contributed by atoms with Crippen LogP contribution in [0.3, 0.4) is 0 Å². The van der Waals surface area contributed by atoms with Crippen LogP contribution < -0.4 is 5.32 Å². The Hall–Kier alpha value is -1.53. The lowest BCUT2D eigenvalue weighted by Crippen LogP contribution is -2.28. The van der Waals surface area contributed by atoms with Crippen molar-refractivity contribution in [3.8, 4) is 0 Å². The second kappa shape index (κ2) is 6.49. The molecule has 1 aromatic carbocycles. The molecule has 2 rings (SSSR count). The first-order chi connectivity index (χ1) is 9.92. The van der Waals surface area contributed by atoms with Crippen LogP contribution in [0, 0.1) is 18.6 Å². The SMILES string of the molecule is CCC(NC(=O)c1cc(F)c(F)cc1Cl)c1nc(C)cs1. The molecule has 0 bridgehead atoms. The van der Waals surface area contributed by atoms with Gasteiger partial charge in [0, 0.05) is 11.1 Å².